The number of aliphatic hydroxyl groups is 1. The molecule has 3 rings (SSSR count). The lowest BCUT2D eigenvalue weighted by molar-refractivity contribution is 0.106. The van der Waals surface area contributed by atoms with Gasteiger partial charge in [-0.1, -0.05) is 30.3 Å². The molecule has 3 aromatic rings. The zero-order chi connectivity index (χ0) is 16.2. The van der Waals surface area contributed by atoms with E-state index < -0.39 is 6.10 Å². The fourth-order valence-corrected chi connectivity index (χ4v) is 2.83. The number of aryl methyl sites for hydroxylation is 1. The molecule has 0 fully saturated rings. The number of hydrogen-bond donors (Lipinski definition) is 1. The largest absolute Gasteiger partial charge is 0.493 e. The average Bonchev–Trinajstić information content (AvgIpc) is 2.89. The first-order valence-electron chi connectivity index (χ1n) is 7.66. The summed E-state index contributed by atoms with van der Waals surface area (Å²) in [5, 5.41) is 11.5. The molecule has 0 amide bonds. The van der Waals surface area contributed by atoms with Crippen molar-refractivity contribution in [3.05, 3.63) is 60.3 Å². The molecule has 0 spiro atoms. The Bertz CT molecular complexity index is 794. The number of ether oxygens (including phenoxy) is 2. The quantitative estimate of drug-likeness (QED) is 0.760. The minimum Gasteiger partial charge on any atom is -0.493 e. The van der Waals surface area contributed by atoms with Crippen LogP contribution in [-0.4, -0.2) is 29.5 Å². The van der Waals surface area contributed by atoms with Crippen molar-refractivity contribution in [2.45, 2.75) is 12.5 Å². The second-order valence-corrected chi connectivity index (χ2v) is 5.60. The number of benzene rings is 2. The first-order chi connectivity index (χ1) is 11.2. The van der Waals surface area contributed by atoms with E-state index in [0.717, 1.165) is 5.56 Å². The fourth-order valence-electron chi connectivity index (χ4n) is 2.83. The van der Waals surface area contributed by atoms with Crippen molar-refractivity contribution in [3.63, 3.8) is 0 Å². The molecule has 1 atom stereocenters. The van der Waals surface area contributed by atoms with Gasteiger partial charge in [-0.2, -0.15) is 0 Å². The predicted octanol–water partition coefficient (Wildman–Crippen LogP) is 3.17. The Balaban J connectivity index is 1.68. The summed E-state index contributed by atoms with van der Waals surface area (Å²) in [4.78, 5) is 0. The Kier molecular flexibility index (Phi) is 4.53. The van der Waals surface area contributed by atoms with Crippen LogP contribution in [0, 0.1) is 0 Å². The van der Waals surface area contributed by atoms with Crippen molar-refractivity contribution < 1.29 is 14.6 Å². The molecule has 0 radical (unpaired) electrons. The zero-order valence-corrected chi connectivity index (χ0v) is 13.4. The molecule has 0 aliphatic carbocycles. The Morgan fingerprint density at radius 2 is 1.74 bits per heavy atom. The van der Waals surface area contributed by atoms with Gasteiger partial charge >= 0.3 is 0 Å². The number of fused-ring (bicyclic) bond motifs is 1. The van der Waals surface area contributed by atoms with E-state index in [1.807, 2.05) is 43.4 Å². The summed E-state index contributed by atoms with van der Waals surface area (Å²) in [7, 11) is 3.62. The fraction of sp³-hybridized carbons (Fsp3) is 0.263. The molecule has 0 aliphatic heterocycles. The Labute approximate surface area is 135 Å². The first kappa shape index (κ1) is 15.4. The summed E-state index contributed by atoms with van der Waals surface area (Å²) < 4.78 is 13.0. The summed E-state index contributed by atoms with van der Waals surface area (Å²) >= 11 is 0. The summed E-state index contributed by atoms with van der Waals surface area (Å²) in [6, 6.07) is 15.6. The standard InChI is InChI=1S/C19H21NO3/c1-20-12-14(16-7-3-4-8-17(16)20)11-15(21)13-23-19-10-6-5-9-18(19)22-2/h3-10,12,15,21H,11,13H2,1-2H3. The molecule has 0 saturated carbocycles. The van der Waals surface area contributed by atoms with E-state index in [1.165, 1.54) is 10.9 Å². The molecule has 1 unspecified atom stereocenters. The topological polar surface area (TPSA) is 43.6 Å². The molecule has 23 heavy (non-hydrogen) atoms. The Morgan fingerprint density at radius 1 is 1.04 bits per heavy atom. The average molecular weight is 311 g/mol. The third kappa shape index (κ3) is 3.32. The summed E-state index contributed by atoms with van der Waals surface area (Å²) in [5.74, 6) is 1.32. The van der Waals surface area contributed by atoms with Crippen LogP contribution in [0.2, 0.25) is 0 Å². The van der Waals surface area contributed by atoms with Crippen LogP contribution >= 0.6 is 0 Å². The number of methoxy groups -OCH3 is 1. The third-order valence-electron chi connectivity index (χ3n) is 3.94. The van der Waals surface area contributed by atoms with E-state index in [2.05, 4.69) is 22.9 Å². The van der Waals surface area contributed by atoms with E-state index in [-0.39, 0.29) is 6.61 Å². The molecular formula is C19H21NO3. The van der Waals surface area contributed by atoms with E-state index in [4.69, 9.17) is 9.47 Å². The van der Waals surface area contributed by atoms with Gasteiger partial charge in [0, 0.05) is 30.6 Å². The van der Waals surface area contributed by atoms with Crippen molar-refractivity contribution in [3.8, 4) is 11.5 Å². The SMILES string of the molecule is COc1ccccc1OCC(O)Cc1cn(C)c2ccccc12. The highest BCUT2D eigenvalue weighted by molar-refractivity contribution is 5.83. The second kappa shape index (κ2) is 6.75. The molecule has 0 saturated heterocycles. The number of para-hydroxylation sites is 3. The maximum absolute atomic E-state index is 10.3. The molecule has 1 aromatic heterocycles. The maximum Gasteiger partial charge on any atom is 0.161 e. The maximum atomic E-state index is 10.3. The van der Waals surface area contributed by atoms with Gasteiger partial charge in [0.2, 0.25) is 0 Å². The normalized spacial score (nSPS) is 12.3. The van der Waals surface area contributed by atoms with E-state index in [1.54, 1.807) is 7.11 Å². The van der Waals surface area contributed by atoms with Gasteiger partial charge in [0.05, 0.1) is 13.2 Å². The van der Waals surface area contributed by atoms with Gasteiger partial charge in [0.25, 0.3) is 0 Å². The molecule has 120 valence electrons. The highest BCUT2D eigenvalue weighted by atomic mass is 16.5. The summed E-state index contributed by atoms with van der Waals surface area (Å²) in [6.07, 6.45) is 2.04. The number of hydrogen-bond acceptors (Lipinski definition) is 3. The van der Waals surface area contributed by atoms with E-state index in [9.17, 15) is 5.11 Å². The van der Waals surface area contributed by atoms with Crippen LogP contribution in [-0.2, 0) is 13.5 Å². The van der Waals surface area contributed by atoms with Crippen molar-refractivity contribution >= 4 is 10.9 Å². The highest BCUT2D eigenvalue weighted by Crippen LogP contribution is 2.26. The van der Waals surface area contributed by atoms with Crippen LogP contribution < -0.4 is 9.47 Å². The van der Waals surface area contributed by atoms with Gasteiger partial charge in [-0.15, -0.1) is 0 Å². The Morgan fingerprint density at radius 3 is 2.52 bits per heavy atom. The minimum atomic E-state index is -0.578. The van der Waals surface area contributed by atoms with E-state index in [0.29, 0.717) is 17.9 Å². The lowest BCUT2D eigenvalue weighted by Gasteiger charge is -2.14. The van der Waals surface area contributed by atoms with Gasteiger partial charge < -0.3 is 19.1 Å². The molecule has 2 aromatic carbocycles. The van der Waals surface area contributed by atoms with Gasteiger partial charge in [0.1, 0.15) is 6.61 Å². The smallest absolute Gasteiger partial charge is 0.161 e. The first-order valence-corrected chi connectivity index (χ1v) is 7.66. The second-order valence-electron chi connectivity index (χ2n) is 5.60. The Hall–Kier alpha value is -2.46. The van der Waals surface area contributed by atoms with Gasteiger partial charge in [-0.05, 0) is 23.8 Å². The molecule has 0 bridgehead atoms. The summed E-state index contributed by atoms with van der Waals surface area (Å²) in [6.45, 7) is 0.226. The third-order valence-corrected chi connectivity index (χ3v) is 3.94. The molecule has 4 heteroatoms. The van der Waals surface area contributed by atoms with Crippen molar-refractivity contribution in [2.24, 2.45) is 7.05 Å². The molecule has 1 N–H and O–H groups in total. The molecule has 1 heterocycles. The van der Waals surface area contributed by atoms with Gasteiger partial charge in [-0.3, -0.25) is 0 Å². The van der Waals surface area contributed by atoms with Crippen LogP contribution in [0.3, 0.4) is 0 Å². The predicted molar refractivity (Wildman–Crippen MR) is 91.1 cm³/mol. The molecule has 4 nitrogen and oxygen atoms in total. The van der Waals surface area contributed by atoms with E-state index >= 15 is 0 Å². The lowest BCUT2D eigenvalue weighted by atomic mass is 10.1. The monoisotopic (exact) mass is 311 g/mol. The number of rotatable bonds is 6. The van der Waals surface area contributed by atoms with Crippen molar-refractivity contribution in [1.29, 1.82) is 0 Å². The van der Waals surface area contributed by atoms with Crippen LogP contribution in [0.1, 0.15) is 5.56 Å². The van der Waals surface area contributed by atoms with Crippen LogP contribution in [0.5, 0.6) is 11.5 Å². The van der Waals surface area contributed by atoms with Crippen molar-refractivity contribution in [2.75, 3.05) is 13.7 Å². The van der Waals surface area contributed by atoms with Gasteiger partial charge in [0.15, 0.2) is 11.5 Å². The zero-order valence-electron chi connectivity index (χ0n) is 13.4. The molecule has 0 aliphatic rings. The molecular weight excluding hydrogens is 290 g/mol. The highest BCUT2D eigenvalue weighted by Gasteiger charge is 2.13. The van der Waals surface area contributed by atoms with Gasteiger partial charge in [-0.25, -0.2) is 0 Å². The number of aliphatic hydroxyl groups excluding tert-OH is 1. The summed E-state index contributed by atoms with van der Waals surface area (Å²) in [5.41, 5.74) is 2.29. The van der Waals surface area contributed by atoms with Crippen molar-refractivity contribution in [1.82, 2.24) is 4.57 Å². The number of nitrogens with zero attached hydrogens (tertiary/aromatic N) is 1. The minimum absolute atomic E-state index is 0.226. The van der Waals surface area contributed by atoms with Crippen LogP contribution in [0.4, 0.5) is 0 Å². The lowest BCUT2D eigenvalue weighted by Crippen LogP contribution is -2.20. The van der Waals surface area contributed by atoms with Crippen LogP contribution in [0.25, 0.3) is 10.9 Å². The number of aromatic nitrogens is 1. The van der Waals surface area contributed by atoms with Crippen LogP contribution in [0.15, 0.2) is 54.7 Å².